The molecular weight excluding hydrogens is 258 g/mol. The van der Waals surface area contributed by atoms with Crippen molar-refractivity contribution in [1.82, 2.24) is 19.9 Å². The van der Waals surface area contributed by atoms with Gasteiger partial charge in [0.05, 0.1) is 6.10 Å². The summed E-state index contributed by atoms with van der Waals surface area (Å²) >= 11 is 0. The predicted octanol–water partition coefficient (Wildman–Crippen LogP) is 0.698. The van der Waals surface area contributed by atoms with Crippen molar-refractivity contribution in [1.29, 1.82) is 0 Å². The van der Waals surface area contributed by atoms with Crippen molar-refractivity contribution in [3.63, 3.8) is 0 Å². The normalized spacial score (nSPS) is 10.9. The number of likely N-dealkylation sites (N-methyl/N-ethyl adjacent to an activating group) is 1. The van der Waals surface area contributed by atoms with E-state index >= 15 is 0 Å². The Hall–Kier alpha value is -1.67. The molecule has 0 saturated carbocycles. The monoisotopic (exact) mass is 283 g/mol. The van der Waals surface area contributed by atoms with Gasteiger partial charge >= 0.3 is 6.01 Å². The van der Waals surface area contributed by atoms with E-state index in [1.165, 1.54) is 0 Å². The van der Waals surface area contributed by atoms with E-state index in [-0.39, 0.29) is 18.1 Å². The first-order valence-electron chi connectivity index (χ1n) is 6.94. The number of nitrogens with two attached hydrogens (primary N) is 1. The van der Waals surface area contributed by atoms with Crippen LogP contribution in [0.25, 0.3) is 0 Å². The molecule has 1 heterocycles. The predicted molar refractivity (Wildman–Crippen MR) is 79.7 cm³/mol. The maximum absolute atomic E-state index is 5.46. The van der Waals surface area contributed by atoms with Crippen LogP contribution in [0.2, 0.25) is 0 Å². The van der Waals surface area contributed by atoms with Gasteiger partial charge in [-0.1, -0.05) is 13.8 Å². The number of nitrogen functional groups attached to an aromatic ring is 1. The molecule has 4 N–H and O–H groups in total. The quantitative estimate of drug-likeness (QED) is 0.450. The van der Waals surface area contributed by atoms with Crippen molar-refractivity contribution in [3.05, 3.63) is 0 Å². The zero-order valence-electron chi connectivity index (χ0n) is 12.7. The molecule has 0 atom stereocenters. The molecule has 20 heavy (non-hydrogen) atoms. The number of hydrogen-bond acceptors (Lipinski definition) is 8. The van der Waals surface area contributed by atoms with Gasteiger partial charge in [0.15, 0.2) is 0 Å². The summed E-state index contributed by atoms with van der Waals surface area (Å²) in [4.78, 5) is 14.7. The highest BCUT2D eigenvalue weighted by atomic mass is 16.5. The fraction of sp³-hybridized carbons (Fsp3) is 0.750. The molecule has 0 aromatic carbocycles. The second-order valence-electron chi connectivity index (χ2n) is 4.53. The summed E-state index contributed by atoms with van der Waals surface area (Å²) in [5.74, 6) is 6.08. The van der Waals surface area contributed by atoms with Crippen molar-refractivity contribution in [2.45, 2.75) is 33.8 Å². The van der Waals surface area contributed by atoms with Crippen molar-refractivity contribution in [2.24, 2.45) is 5.84 Å². The molecule has 0 saturated heterocycles. The molecule has 1 aromatic rings. The second kappa shape index (κ2) is 8.49. The number of aromatic nitrogens is 3. The summed E-state index contributed by atoms with van der Waals surface area (Å²) in [6.45, 7) is 11.8. The van der Waals surface area contributed by atoms with Gasteiger partial charge in [-0.05, 0) is 26.9 Å². The Labute approximate surface area is 120 Å². The largest absolute Gasteiger partial charge is 0.461 e. The minimum absolute atomic E-state index is 0.00783. The zero-order chi connectivity index (χ0) is 15.0. The molecular formula is C12H25N7O. The van der Waals surface area contributed by atoms with E-state index in [2.05, 4.69) is 44.4 Å². The number of nitrogens with one attached hydrogen (secondary N) is 2. The van der Waals surface area contributed by atoms with E-state index in [1.807, 2.05) is 13.8 Å². The van der Waals surface area contributed by atoms with E-state index in [0.717, 1.165) is 26.2 Å². The van der Waals surface area contributed by atoms with Crippen molar-refractivity contribution >= 4 is 11.9 Å². The molecule has 0 aliphatic carbocycles. The highest BCUT2D eigenvalue weighted by molar-refractivity contribution is 5.34. The highest BCUT2D eigenvalue weighted by Gasteiger charge is 2.08. The smallest absolute Gasteiger partial charge is 0.323 e. The van der Waals surface area contributed by atoms with Crippen LogP contribution in [0.4, 0.5) is 11.9 Å². The summed E-state index contributed by atoms with van der Waals surface area (Å²) in [5, 5.41) is 3.15. The third-order valence-electron chi connectivity index (χ3n) is 2.69. The molecule has 1 rings (SSSR count). The van der Waals surface area contributed by atoms with Gasteiger partial charge in [-0.25, -0.2) is 5.84 Å². The van der Waals surface area contributed by atoms with Crippen molar-refractivity contribution < 1.29 is 4.74 Å². The summed E-state index contributed by atoms with van der Waals surface area (Å²) in [5.41, 5.74) is 2.41. The standard InChI is InChI=1S/C12H25N7O/c1-5-19(6-2)8-7-14-10-15-11(18-13)17-12(16-10)20-9(3)4/h9H,5-8,13H2,1-4H3,(H2,14,15,16,17,18). The molecule has 114 valence electrons. The van der Waals surface area contributed by atoms with Gasteiger partial charge in [0.25, 0.3) is 0 Å². The lowest BCUT2D eigenvalue weighted by molar-refractivity contribution is 0.222. The topological polar surface area (TPSA) is 101 Å². The molecule has 0 fully saturated rings. The summed E-state index contributed by atoms with van der Waals surface area (Å²) in [7, 11) is 0. The molecule has 0 aliphatic rings. The third kappa shape index (κ3) is 5.54. The Bertz CT molecular complexity index is 395. The van der Waals surface area contributed by atoms with Crippen molar-refractivity contribution in [3.8, 4) is 6.01 Å². The first kappa shape index (κ1) is 16.4. The molecule has 0 bridgehead atoms. The van der Waals surface area contributed by atoms with E-state index in [1.54, 1.807) is 0 Å². The molecule has 0 aliphatic heterocycles. The molecule has 0 radical (unpaired) electrons. The Balaban J connectivity index is 2.64. The Morgan fingerprint density at radius 2 is 1.80 bits per heavy atom. The fourth-order valence-corrected chi connectivity index (χ4v) is 1.63. The van der Waals surface area contributed by atoms with Gasteiger partial charge in [0, 0.05) is 13.1 Å². The first-order valence-corrected chi connectivity index (χ1v) is 6.94. The lowest BCUT2D eigenvalue weighted by Gasteiger charge is -2.18. The number of rotatable bonds is 9. The highest BCUT2D eigenvalue weighted by Crippen LogP contribution is 2.11. The summed E-state index contributed by atoms with van der Waals surface area (Å²) < 4.78 is 5.46. The average Bonchev–Trinajstić information content (AvgIpc) is 2.42. The molecule has 0 spiro atoms. The second-order valence-corrected chi connectivity index (χ2v) is 4.53. The van der Waals surface area contributed by atoms with Crippen LogP contribution < -0.4 is 21.3 Å². The number of nitrogens with zero attached hydrogens (tertiary/aromatic N) is 4. The average molecular weight is 283 g/mol. The fourth-order valence-electron chi connectivity index (χ4n) is 1.63. The maximum atomic E-state index is 5.46. The van der Waals surface area contributed by atoms with Gasteiger partial charge in [0.2, 0.25) is 11.9 Å². The van der Waals surface area contributed by atoms with Crippen LogP contribution in [0.3, 0.4) is 0 Å². The van der Waals surface area contributed by atoms with Crippen LogP contribution in [0.5, 0.6) is 6.01 Å². The van der Waals surface area contributed by atoms with Gasteiger partial charge in [-0.15, -0.1) is 0 Å². The number of hydrazine groups is 1. The lowest BCUT2D eigenvalue weighted by atomic mass is 10.4. The van der Waals surface area contributed by atoms with Crippen LogP contribution in [-0.4, -0.2) is 52.1 Å². The van der Waals surface area contributed by atoms with Crippen LogP contribution in [0, 0.1) is 0 Å². The van der Waals surface area contributed by atoms with Crippen molar-refractivity contribution in [2.75, 3.05) is 36.9 Å². The van der Waals surface area contributed by atoms with E-state index < -0.39 is 0 Å². The van der Waals surface area contributed by atoms with Crippen LogP contribution >= 0.6 is 0 Å². The van der Waals surface area contributed by atoms with Gasteiger partial charge in [-0.3, -0.25) is 5.43 Å². The van der Waals surface area contributed by atoms with Gasteiger partial charge in [0.1, 0.15) is 0 Å². The van der Waals surface area contributed by atoms with Crippen LogP contribution in [0.1, 0.15) is 27.7 Å². The van der Waals surface area contributed by atoms with Gasteiger partial charge < -0.3 is 15.0 Å². The Kier molecular flexibility index (Phi) is 6.96. The molecule has 0 unspecified atom stereocenters. The lowest BCUT2D eigenvalue weighted by Crippen LogP contribution is -2.29. The Morgan fingerprint density at radius 1 is 1.15 bits per heavy atom. The van der Waals surface area contributed by atoms with Gasteiger partial charge in [-0.2, -0.15) is 15.0 Å². The van der Waals surface area contributed by atoms with E-state index in [0.29, 0.717) is 5.95 Å². The zero-order valence-corrected chi connectivity index (χ0v) is 12.7. The molecule has 8 heteroatoms. The number of anilines is 2. The number of hydrogen-bond donors (Lipinski definition) is 3. The summed E-state index contributed by atoms with van der Waals surface area (Å²) in [6.07, 6.45) is -0.00783. The van der Waals surface area contributed by atoms with Crippen LogP contribution in [-0.2, 0) is 0 Å². The minimum Gasteiger partial charge on any atom is -0.461 e. The SMILES string of the molecule is CCN(CC)CCNc1nc(NN)nc(OC(C)C)n1. The first-order chi connectivity index (χ1) is 9.58. The molecule has 1 aromatic heterocycles. The minimum atomic E-state index is -0.00783. The van der Waals surface area contributed by atoms with E-state index in [9.17, 15) is 0 Å². The number of ether oxygens (including phenoxy) is 1. The summed E-state index contributed by atoms with van der Waals surface area (Å²) in [6, 6.07) is 0.258. The Morgan fingerprint density at radius 3 is 2.35 bits per heavy atom. The molecule has 0 amide bonds. The van der Waals surface area contributed by atoms with Crippen LogP contribution in [0.15, 0.2) is 0 Å². The third-order valence-corrected chi connectivity index (χ3v) is 2.69. The van der Waals surface area contributed by atoms with E-state index in [4.69, 9.17) is 10.6 Å². The molecule has 8 nitrogen and oxygen atoms in total. The maximum Gasteiger partial charge on any atom is 0.323 e.